The SMILES string of the molecule is N#Cc1ccccc1OCC(=O)Nc1cccc(OCC2CCCO2)c1. The van der Waals surface area contributed by atoms with E-state index in [1.807, 2.05) is 18.2 Å². The molecule has 0 radical (unpaired) electrons. The van der Waals surface area contributed by atoms with Gasteiger partial charge in [-0.25, -0.2) is 0 Å². The van der Waals surface area contributed by atoms with Gasteiger partial charge in [0.15, 0.2) is 6.61 Å². The number of nitriles is 1. The number of nitrogens with zero attached hydrogens (tertiary/aromatic N) is 1. The minimum absolute atomic E-state index is 0.141. The molecule has 6 heteroatoms. The lowest BCUT2D eigenvalue weighted by Crippen LogP contribution is -2.20. The van der Waals surface area contributed by atoms with E-state index in [0.717, 1.165) is 19.4 Å². The van der Waals surface area contributed by atoms with Gasteiger partial charge in [-0.05, 0) is 37.1 Å². The molecule has 134 valence electrons. The Hall–Kier alpha value is -3.04. The number of para-hydroxylation sites is 1. The standard InChI is InChI=1S/C20H20N2O4/c21-12-15-5-1-2-9-19(15)26-14-20(23)22-16-6-3-7-17(11-16)25-13-18-8-4-10-24-18/h1-3,5-7,9,11,18H,4,8,10,13-14H2,(H,22,23). The summed E-state index contributed by atoms with van der Waals surface area (Å²) in [7, 11) is 0. The number of amides is 1. The first kappa shape index (κ1) is 17.8. The smallest absolute Gasteiger partial charge is 0.262 e. The van der Waals surface area contributed by atoms with Crippen molar-refractivity contribution < 1.29 is 19.0 Å². The number of rotatable bonds is 7. The molecule has 1 N–H and O–H groups in total. The van der Waals surface area contributed by atoms with Gasteiger partial charge < -0.3 is 19.5 Å². The van der Waals surface area contributed by atoms with Crippen molar-refractivity contribution in [2.45, 2.75) is 18.9 Å². The average Bonchev–Trinajstić information content (AvgIpc) is 3.19. The molecule has 1 saturated heterocycles. The molecular weight excluding hydrogens is 332 g/mol. The molecule has 6 nitrogen and oxygen atoms in total. The zero-order chi connectivity index (χ0) is 18.2. The highest BCUT2D eigenvalue weighted by atomic mass is 16.5. The molecule has 1 unspecified atom stereocenters. The molecule has 0 aliphatic carbocycles. The summed E-state index contributed by atoms with van der Waals surface area (Å²) in [6.45, 7) is 1.12. The van der Waals surface area contributed by atoms with E-state index in [-0.39, 0.29) is 18.6 Å². The van der Waals surface area contributed by atoms with Gasteiger partial charge in [0.1, 0.15) is 24.2 Å². The van der Waals surface area contributed by atoms with E-state index in [1.165, 1.54) is 0 Å². The van der Waals surface area contributed by atoms with E-state index >= 15 is 0 Å². The molecule has 0 spiro atoms. The third-order valence-electron chi connectivity index (χ3n) is 3.94. The molecule has 1 fully saturated rings. The maximum Gasteiger partial charge on any atom is 0.262 e. The van der Waals surface area contributed by atoms with Crippen molar-refractivity contribution in [3.8, 4) is 17.6 Å². The highest BCUT2D eigenvalue weighted by Gasteiger charge is 2.16. The summed E-state index contributed by atoms with van der Waals surface area (Å²) in [5.74, 6) is 0.752. The van der Waals surface area contributed by atoms with Crippen LogP contribution in [0.4, 0.5) is 5.69 Å². The number of anilines is 1. The number of carbonyl (C=O) groups is 1. The summed E-state index contributed by atoms with van der Waals surface area (Å²) in [5.41, 5.74) is 1.02. The maximum atomic E-state index is 12.1. The van der Waals surface area contributed by atoms with Crippen molar-refractivity contribution in [1.29, 1.82) is 5.26 Å². The zero-order valence-corrected chi connectivity index (χ0v) is 14.3. The van der Waals surface area contributed by atoms with Gasteiger partial charge in [0.05, 0.1) is 11.7 Å². The largest absolute Gasteiger partial charge is 0.491 e. The molecule has 3 rings (SSSR count). The molecule has 1 aliphatic heterocycles. The molecule has 1 amide bonds. The molecule has 0 saturated carbocycles. The Morgan fingerprint density at radius 3 is 2.92 bits per heavy atom. The summed E-state index contributed by atoms with van der Waals surface area (Å²) >= 11 is 0. The lowest BCUT2D eigenvalue weighted by Gasteiger charge is -2.13. The second-order valence-electron chi connectivity index (χ2n) is 5.92. The summed E-state index contributed by atoms with van der Waals surface area (Å²) in [5, 5.41) is 11.8. The van der Waals surface area contributed by atoms with E-state index in [2.05, 4.69) is 5.32 Å². The van der Waals surface area contributed by atoms with Gasteiger partial charge in [-0.3, -0.25) is 4.79 Å². The molecule has 0 bridgehead atoms. The predicted octanol–water partition coefficient (Wildman–Crippen LogP) is 3.13. The van der Waals surface area contributed by atoms with Gasteiger partial charge >= 0.3 is 0 Å². The average molecular weight is 352 g/mol. The van der Waals surface area contributed by atoms with Crippen LogP contribution in [0.3, 0.4) is 0 Å². The predicted molar refractivity (Wildman–Crippen MR) is 96.2 cm³/mol. The number of ether oxygens (including phenoxy) is 3. The lowest BCUT2D eigenvalue weighted by molar-refractivity contribution is -0.118. The van der Waals surface area contributed by atoms with Crippen LogP contribution in [0.25, 0.3) is 0 Å². The number of benzene rings is 2. The fourth-order valence-electron chi connectivity index (χ4n) is 2.65. The van der Waals surface area contributed by atoms with Crippen molar-refractivity contribution in [2.75, 3.05) is 25.1 Å². The minimum atomic E-state index is -0.311. The first-order chi connectivity index (χ1) is 12.7. The second-order valence-corrected chi connectivity index (χ2v) is 5.92. The van der Waals surface area contributed by atoms with Crippen molar-refractivity contribution in [1.82, 2.24) is 0 Å². The molecule has 26 heavy (non-hydrogen) atoms. The monoisotopic (exact) mass is 352 g/mol. The van der Waals surface area contributed by atoms with Crippen LogP contribution in [-0.2, 0) is 9.53 Å². The Bertz CT molecular complexity index is 794. The molecule has 0 aromatic heterocycles. The van der Waals surface area contributed by atoms with Gasteiger partial charge in [-0.15, -0.1) is 0 Å². The Kier molecular flexibility index (Phi) is 6.07. The second kappa shape index (κ2) is 8.88. The van der Waals surface area contributed by atoms with E-state index in [9.17, 15) is 4.79 Å². The van der Waals surface area contributed by atoms with Crippen LogP contribution in [0.15, 0.2) is 48.5 Å². The number of nitrogens with one attached hydrogen (secondary N) is 1. The maximum absolute atomic E-state index is 12.1. The summed E-state index contributed by atoms with van der Waals surface area (Å²) in [4.78, 5) is 12.1. The first-order valence-corrected chi connectivity index (χ1v) is 8.51. The van der Waals surface area contributed by atoms with Gasteiger partial charge in [0, 0.05) is 18.4 Å². The van der Waals surface area contributed by atoms with Gasteiger partial charge in [0.25, 0.3) is 5.91 Å². The third-order valence-corrected chi connectivity index (χ3v) is 3.94. The van der Waals surface area contributed by atoms with Crippen molar-refractivity contribution >= 4 is 11.6 Å². The van der Waals surface area contributed by atoms with Crippen LogP contribution in [0.1, 0.15) is 18.4 Å². The van der Waals surface area contributed by atoms with Gasteiger partial charge in [0.2, 0.25) is 0 Å². The highest BCUT2D eigenvalue weighted by Crippen LogP contribution is 2.20. The number of hydrogen-bond donors (Lipinski definition) is 1. The van der Waals surface area contributed by atoms with Crippen LogP contribution >= 0.6 is 0 Å². The van der Waals surface area contributed by atoms with E-state index < -0.39 is 0 Å². The van der Waals surface area contributed by atoms with Crippen LogP contribution in [0.5, 0.6) is 11.5 Å². The Balaban J connectivity index is 1.50. The summed E-state index contributed by atoms with van der Waals surface area (Å²) < 4.78 is 16.7. The molecule has 2 aromatic carbocycles. The van der Waals surface area contributed by atoms with Crippen LogP contribution in [-0.4, -0.2) is 31.8 Å². The molecule has 2 aromatic rings. The topological polar surface area (TPSA) is 80.6 Å². The van der Waals surface area contributed by atoms with Crippen molar-refractivity contribution in [2.24, 2.45) is 0 Å². The quantitative estimate of drug-likeness (QED) is 0.828. The van der Waals surface area contributed by atoms with E-state index in [4.69, 9.17) is 19.5 Å². The Morgan fingerprint density at radius 1 is 1.23 bits per heavy atom. The fourth-order valence-corrected chi connectivity index (χ4v) is 2.65. The van der Waals surface area contributed by atoms with Crippen LogP contribution < -0.4 is 14.8 Å². The number of hydrogen-bond acceptors (Lipinski definition) is 5. The van der Waals surface area contributed by atoms with Crippen LogP contribution in [0.2, 0.25) is 0 Å². The lowest BCUT2D eigenvalue weighted by atomic mass is 10.2. The summed E-state index contributed by atoms with van der Waals surface area (Å²) in [6.07, 6.45) is 2.22. The van der Waals surface area contributed by atoms with Gasteiger partial charge in [-0.1, -0.05) is 18.2 Å². The highest BCUT2D eigenvalue weighted by molar-refractivity contribution is 5.92. The van der Waals surface area contributed by atoms with E-state index in [1.54, 1.807) is 36.4 Å². The summed E-state index contributed by atoms with van der Waals surface area (Å²) in [6, 6.07) is 16.0. The first-order valence-electron chi connectivity index (χ1n) is 8.51. The fraction of sp³-hybridized carbons (Fsp3) is 0.300. The van der Waals surface area contributed by atoms with Crippen LogP contribution in [0, 0.1) is 11.3 Å². The number of carbonyl (C=O) groups excluding carboxylic acids is 1. The van der Waals surface area contributed by atoms with Crippen molar-refractivity contribution in [3.05, 3.63) is 54.1 Å². The minimum Gasteiger partial charge on any atom is -0.491 e. The Labute approximate surface area is 152 Å². The zero-order valence-electron chi connectivity index (χ0n) is 14.3. The van der Waals surface area contributed by atoms with Crippen molar-refractivity contribution in [3.63, 3.8) is 0 Å². The normalized spacial score (nSPS) is 15.9. The third kappa shape index (κ3) is 4.98. The van der Waals surface area contributed by atoms with E-state index in [0.29, 0.717) is 29.4 Å². The molecule has 1 aliphatic rings. The molecule has 1 atom stereocenters. The Morgan fingerprint density at radius 2 is 2.12 bits per heavy atom. The molecule has 1 heterocycles. The van der Waals surface area contributed by atoms with Gasteiger partial charge in [-0.2, -0.15) is 5.26 Å². The molecular formula is C20H20N2O4.